The molecule has 0 saturated heterocycles. The van der Waals surface area contributed by atoms with Crippen molar-refractivity contribution in [3.8, 4) is 0 Å². The van der Waals surface area contributed by atoms with Crippen molar-refractivity contribution in [2.24, 2.45) is 0 Å². The molecule has 0 aliphatic heterocycles. The normalized spacial score (nSPS) is 18.4. The number of nitrogens with zero attached hydrogens (tertiary/aromatic N) is 1. The summed E-state index contributed by atoms with van der Waals surface area (Å²) in [4.78, 5) is 60.2. The lowest BCUT2D eigenvalue weighted by Crippen LogP contribution is -2.65. The number of fused-ring (bicyclic) bond motifs is 3. The molecule has 10 nitrogen and oxygen atoms in total. The van der Waals surface area contributed by atoms with Crippen molar-refractivity contribution in [3.05, 3.63) is 86.7 Å². The first kappa shape index (κ1) is 37.9. The Balaban J connectivity index is 1.51. The summed E-state index contributed by atoms with van der Waals surface area (Å²) in [6, 6.07) is 7.55. The quantitative estimate of drug-likeness (QED) is 0.0702. The van der Waals surface area contributed by atoms with Crippen LogP contribution >= 0.6 is 56.5 Å². The number of carbonyl (C=O) groups is 4. The van der Waals surface area contributed by atoms with E-state index in [1.54, 1.807) is 19.9 Å². The van der Waals surface area contributed by atoms with Gasteiger partial charge >= 0.3 is 12.1 Å². The number of aromatic nitrogens is 2. The van der Waals surface area contributed by atoms with Crippen LogP contribution in [0.15, 0.2) is 47.8 Å². The van der Waals surface area contributed by atoms with Gasteiger partial charge < -0.3 is 26.0 Å². The zero-order valence-electron chi connectivity index (χ0n) is 26.5. The van der Waals surface area contributed by atoms with E-state index >= 15 is 0 Å². The third-order valence-electron chi connectivity index (χ3n) is 8.53. The predicted molar refractivity (Wildman–Crippen MR) is 195 cm³/mol. The number of amides is 3. The highest BCUT2D eigenvalue weighted by molar-refractivity contribution is 14.1. The number of aromatic amines is 1. The van der Waals surface area contributed by atoms with Gasteiger partial charge in [0, 0.05) is 30.7 Å². The van der Waals surface area contributed by atoms with E-state index in [2.05, 4.69) is 48.5 Å². The van der Waals surface area contributed by atoms with Crippen molar-refractivity contribution in [2.45, 2.75) is 71.2 Å². The number of halogens is 6. The molecule has 0 bridgehead atoms. The van der Waals surface area contributed by atoms with Crippen LogP contribution in [-0.2, 0) is 39.8 Å². The topological polar surface area (TPSA) is 153 Å². The van der Waals surface area contributed by atoms with Gasteiger partial charge in [0.2, 0.25) is 17.7 Å². The SMILES string of the molecule is C[C@@H](I)[C@H](NC(=O)Cc1ccccc1F)C(=O)N[C@]1(C(=O)N[C@H](c2nc(C(=O)O)cs2)[C@@H](C)I)CCc2[nH]c3c(C(F)(F)F)cccc3c2C1. The fourth-order valence-electron chi connectivity index (χ4n) is 5.99. The first-order valence-corrected chi connectivity index (χ1v) is 18.7. The maximum Gasteiger partial charge on any atom is 0.418 e. The van der Waals surface area contributed by atoms with Crippen LogP contribution in [0.5, 0.6) is 0 Å². The summed E-state index contributed by atoms with van der Waals surface area (Å²) in [5.74, 6) is -3.82. The summed E-state index contributed by atoms with van der Waals surface area (Å²) in [6.07, 6.45) is -5.09. The zero-order valence-corrected chi connectivity index (χ0v) is 31.6. The molecule has 3 amide bonds. The van der Waals surface area contributed by atoms with Gasteiger partial charge in [-0.15, -0.1) is 11.3 Å². The molecule has 0 unspecified atom stereocenters. The second kappa shape index (κ2) is 15.1. The molecule has 2 aromatic carbocycles. The molecule has 17 heteroatoms. The van der Waals surface area contributed by atoms with Gasteiger partial charge in [-0.25, -0.2) is 14.2 Å². The number of alkyl halides is 5. The van der Waals surface area contributed by atoms with E-state index in [-0.39, 0.29) is 51.8 Å². The number of H-pyrrole nitrogens is 1. The molecule has 0 radical (unpaired) electrons. The number of aryl methyl sites for hydroxylation is 1. The average Bonchev–Trinajstić information content (AvgIpc) is 3.68. The smallest absolute Gasteiger partial charge is 0.418 e. The maximum atomic E-state index is 14.5. The molecule has 5 atom stereocenters. The number of rotatable bonds is 11. The first-order chi connectivity index (χ1) is 23.5. The Morgan fingerprint density at radius 3 is 2.40 bits per heavy atom. The van der Waals surface area contributed by atoms with Crippen LogP contribution in [0, 0.1) is 5.82 Å². The number of hydrogen-bond donors (Lipinski definition) is 5. The Hall–Kier alpha value is -3.33. The van der Waals surface area contributed by atoms with Crippen LogP contribution in [0.4, 0.5) is 17.6 Å². The van der Waals surface area contributed by atoms with Crippen molar-refractivity contribution >= 4 is 91.1 Å². The summed E-state index contributed by atoms with van der Waals surface area (Å²) in [5.41, 5.74) is -1.84. The van der Waals surface area contributed by atoms with Crippen molar-refractivity contribution in [3.63, 3.8) is 0 Å². The van der Waals surface area contributed by atoms with E-state index in [1.165, 1.54) is 35.7 Å². The lowest BCUT2D eigenvalue weighted by atomic mass is 9.78. The summed E-state index contributed by atoms with van der Waals surface area (Å²) >= 11 is 5.06. The van der Waals surface area contributed by atoms with Gasteiger partial charge in [-0.3, -0.25) is 14.4 Å². The van der Waals surface area contributed by atoms with Gasteiger partial charge in [0.15, 0.2) is 5.69 Å². The molecule has 2 aromatic heterocycles. The van der Waals surface area contributed by atoms with Crippen molar-refractivity contribution in [1.82, 2.24) is 25.9 Å². The van der Waals surface area contributed by atoms with Crippen LogP contribution < -0.4 is 16.0 Å². The third kappa shape index (κ3) is 8.08. The van der Waals surface area contributed by atoms with E-state index in [0.717, 1.165) is 17.4 Å². The average molecular weight is 940 g/mol. The van der Waals surface area contributed by atoms with E-state index in [4.69, 9.17) is 0 Å². The number of carboxylic acid groups (broad SMARTS) is 1. The summed E-state index contributed by atoms with van der Waals surface area (Å²) in [5, 5.41) is 19.8. The molecular weight excluding hydrogens is 908 g/mol. The molecule has 266 valence electrons. The second-order valence-corrected chi connectivity index (χ2v) is 16.9. The summed E-state index contributed by atoms with van der Waals surface area (Å²) in [6.45, 7) is 3.46. The number of aromatic carboxylic acids is 1. The van der Waals surface area contributed by atoms with Gasteiger partial charge in [-0.1, -0.05) is 89.4 Å². The summed E-state index contributed by atoms with van der Waals surface area (Å²) < 4.78 is 55.3. The van der Waals surface area contributed by atoms with Crippen molar-refractivity contribution < 1.29 is 41.8 Å². The first-order valence-electron chi connectivity index (χ1n) is 15.3. The largest absolute Gasteiger partial charge is 0.476 e. The lowest BCUT2D eigenvalue weighted by Gasteiger charge is -2.39. The highest BCUT2D eigenvalue weighted by Gasteiger charge is 2.47. The molecule has 5 rings (SSSR count). The minimum Gasteiger partial charge on any atom is -0.476 e. The minimum atomic E-state index is -4.65. The predicted octanol–water partition coefficient (Wildman–Crippen LogP) is 6.06. The number of para-hydroxylation sites is 1. The maximum absolute atomic E-state index is 14.5. The van der Waals surface area contributed by atoms with E-state index in [9.17, 15) is 41.8 Å². The summed E-state index contributed by atoms with van der Waals surface area (Å²) in [7, 11) is 0. The molecule has 0 spiro atoms. The van der Waals surface area contributed by atoms with Crippen LogP contribution in [0.25, 0.3) is 10.9 Å². The molecule has 1 aliphatic rings. The molecule has 5 N–H and O–H groups in total. The Labute approximate surface area is 314 Å². The molecule has 2 heterocycles. The molecule has 0 fully saturated rings. The van der Waals surface area contributed by atoms with Gasteiger partial charge in [-0.2, -0.15) is 13.2 Å². The molecule has 50 heavy (non-hydrogen) atoms. The zero-order chi connectivity index (χ0) is 36.5. The minimum absolute atomic E-state index is 0.0160. The number of benzene rings is 2. The number of carbonyl (C=O) groups excluding carboxylic acids is 3. The van der Waals surface area contributed by atoms with Crippen LogP contribution in [0.2, 0.25) is 0 Å². The number of thiazole rings is 1. The number of carboxylic acids is 1. The van der Waals surface area contributed by atoms with Crippen LogP contribution in [-0.4, -0.2) is 58.2 Å². The fraction of sp³-hybridized carbons (Fsp3) is 0.364. The molecule has 4 aromatic rings. The van der Waals surface area contributed by atoms with Crippen LogP contribution in [0.3, 0.4) is 0 Å². The van der Waals surface area contributed by atoms with Gasteiger partial charge in [-0.05, 0) is 36.1 Å². The number of nitrogens with one attached hydrogen (secondary N) is 4. The van der Waals surface area contributed by atoms with Gasteiger partial charge in [0.05, 0.1) is 23.5 Å². The van der Waals surface area contributed by atoms with Gasteiger partial charge in [0.1, 0.15) is 22.4 Å². The molecule has 0 saturated carbocycles. The highest BCUT2D eigenvalue weighted by atomic mass is 127. The van der Waals surface area contributed by atoms with E-state index in [0.29, 0.717) is 16.3 Å². The van der Waals surface area contributed by atoms with Gasteiger partial charge in [0.25, 0.3) is 0 Å². The molecule has 1 aliphatic carbocycles. The van der Waals surface area contributed by atoms with Crippen LogP contribution in [0.1, 0.15) is 64.2 Å². The van der Waals surface area contributed by atoms with E-state index < -0.39 is 62.8 Å². The van der Waals surface area contributed by atoms with E-state index in [1.807, 2.05) is 22.6 Å². The van der Waals surface area contributed by atoms with Crippen molar-refractivity contribution in [2.75, 3.05) is 0 Å². The van der Waals surface area contributed by atoms with Crippen molar-refractivity contribution in [1.29, 1.82) is 0 Å². The fourth-order valence-corrected chi connectivity index (χ4v) is 8.20. The Kier molecular flexibility index (Phi) is 11.5. The second-order valence-electron chi connectivity index (χ2n) is 12.1. The number of hydrogen-bond acceptors (Lipinski definition) is 6. The Morgan fingerprint density at radius 1 is 1.06 bits per heavy atom. The Morgan fingerprint density at radius 2 is 1.78 bits per heavy atom. The monoisotopic (exact) mass is 939 g/mol. The third-order valence-corrected chi connectivity index (χ3v) is 10.9. The standard InChI is InChI=1S/C33H31F4I2N5O5S/c1-15(38)25(42-24(45)12-17-6-3-4-9-21(17)34)28(46)44-32(31(49)43-26(16(2)39)29-41-23(14-50-29)30(47)48)11-10-22-19(13-32)18-7-5-8-20(27(18)40-22)33(35,36)37/h3-9,14-16,25-26,40H,10-13H2,1-2H3,(H,42,45)(H,43,49)(H,44,46)(H,47,48)/t15-,16-,25+,26+,32-/m1/s1. The lowest BCUT2D eigenvalue weighted by molar-refractivity contribution is -0.136. The molecular formula is C33H31F4I2N5O5S. The Bertz CT molecular complexity index is 1950. The highest BCUT2D eigenvalue weighted by Crippen LogP contribution is 2.40.